The molecule has 0 radical (unpaired) electrons. The number of aromatic nitrogens is 1. The minimum absolute atomic E-state index is 0.222. The standard InChI is InChI=1S/C27H27N7O3.C2H6/c1-17-11-12-20(25(30-17)34-13-15-36-16-14-34)23(28)37-27(29)33-24-26(35)31-21-10-6-5-9-19(21)22(32-24)18-7-3-2-4-8-18;1-2/h2-12,24,28H,13-16H2,1H3,(H2,29,33)(H,31,35);1-2H3. The third-order valence-corrected chi connectivity index (χ3v) is 6.00. The minimum atomic E-state index is -1.20. The number of nitrogens with one attached hydrogen (secondary N) is 2. The van der Waals surface area contributed by atoms with Gasteiger partial charge < -0.3 is 25.4 Å². The van der Waals surface area contributed by atoms with Gasteiger partial charge in [0.05, 0.1) is 30.2 Å². The molecule has 2 aliphatic rings. The number of pyridine rings is 1. The molecule has 10 nitrogen and oxygen atoms in total. The maximum atomic E-state index is 13.0. The Morgan fingerprint density at radius 1 is 1.08 bits per heavy atom. The van der Waals surface area contributed by atoms with Crippen molar-refractivity contribution in [3.63, 3.8) is 0 Å². The number of hydrogen-bond acceptors (Lipinski definition) is 8. The Labute approximate surface area is 228 Å². The predicted molar refractivity (Wildman–Crippen MR) is 154 cm³/mol. The van der Waals surface area contributed by atoms with E-state index >= 15 is 0 Å². The second kappa shape index (κ2) is 12.8. The SMILES string of the molecule is CC.Cc1ccc(C(=N)O/C(N)=N/C2N=C(c3ccccc3)c3ccccc3NC2=O)c(N2CCOCC2)n1. The summed E-state index contributed by atoms with van der Waals surface area (Å²) in [7, 11) is 0. The van der Waals surface area contributed by atoms with Crippen molar-refractivity contribution in [2.75, 3.05) is 36.5 Å². The van der Waals surface area contributed by atoms with Gasteiger partial charge in [-0.15, -0.1) is 0 Å². The van der Waals surface area contributed by atoms with Gasteiger partial charge in [0.1, 0.15) is 5.82 Å². The zero-order valence-electron chi connectivity index (χ0n) is 22.3. The van der Waals surface area contributed by atoms with Crippen LogP contribution < -0.4 is 16.0 Å². The van der Waals surface area contributed by atoms with Gasteiger partial charge in [-0.25, -0.2) is 9.98 Å². The van der Waals surface area contributed by atoms with Gasteiger partial charge >= 0.3 is 0 Å². The van der Waals surface area contributed by atoms with Crippen molar-refractivity contribution in [1.29, 1.82) is 5.41 Å². The molecule has 0 saturated carbocycles. The van der Waals surface area contributed by atoms with Gasteiger partial charge in [-0.1, -0.05) is 62.4 Å². The Bertz CT molecular complexity index is 1380. The van der Waals surface area contributed by atoms with Crippen LogP contribution in [0.1, 0.15) is 36.2 Å². The van der Waals surface area contributed by atoms with Crippen LogP contribution in [0, 0.1) is 12.3 Å². The molecule has 0 spiro atoms. The van der Waals surface area contributed by atoms with E-state index in [1.165, 1.54) is 0 Å². The van der Waals surface area contributed by atoms with Crippen molar-refractivity contribution >= 4 is 35.0 Å². The quantitative estimate of drug-likeness (QED) is 0.349. The van der Waals surface area contributed by atoms with E-state index in [-0.39, 0.29) is 11.9 Å². The van der Waals surface area contributed by atoms with Gasteiger partial charge in [0.25, 0.3) is 11.9 Å². The highest BCUT2D eigenvalue weighted by atomic mass is 16.5. The number of fused-ring (bicyclic) bond motifs is 1. The Hall–Kier alpha value is -4.57. The van der Waals surface area contributed by atoms with Gasteiger partial charge in [0.2, 0.25) is 12.1 Å². The fourth-order valence-corrected chi connectivity index (χ4v) is 4.20. The number of ether oxygens (including phenoxy) is 2. The van der Waals surface area contributed by atoms with Crippen LogP contribution in [0.25, 0.3) is 0 Å². The average Bonchev–Trinajstić information content (AvgIpc) is 3.11. The number of nitrogens with two attached hydrogens (primary N) is 1. The average molecular weight is 528 g/mol. The number of morpholine rings is 1. The number of hydrogen-bond donors (Lipinski definition) is 3. The number of amidine groups is 1. The Morgan fingerprint density at radius 2 is 1.77 bits per heavy atom. The number of carbonyl (C=O) groups excluding carboxylic acids is 1. The molecular formula is C29H33N7O3. The Balaban J connectivity index is 0.00000172. The molecule has 0 aliphatic carbocycles. The van der Waals surface area contributed by atoms with Crippen LogP contribution in [0.15, 0.2) is 76.7 Å². The third-order valence-electron chi connectivity index (χ3n) is 6.00. The molecule has 4 N–H and O–H groups in total. The lowest BCUT2D eigenvalue weighted by molar-refractivity contribution is -0.117. The minimum Gasteiger partial charge on any atom is -0.407 e. The molecular weight excluding hydrogens is 494 g/mol. The molecule has 202 valence electrons. The maximum absolute atomic E-state index is 13.0. The van der Waals surface area contributed by atoms with E-state index in [1.807, 2.05) is 80.3 Å². The Kier molecular flexibility index (Phi) is 9.01. The highest BCUT2D eigenvalue weighted by Crippen LogP contribution is 2.25. The number of aryl methyl sites for hydroxylation is 1. The van der Waals surface area contributed by atoms with Crippen molar-refractivity contribution in [1.82, 2.24) is 4.98 Å². The summed E-state index contributed by atoms with van der Waals surface area (Å²) in [5.74, 6) is -0.0598. The zero-order valence-corrected chi connectivity index (χ0v) is 22.3. The number of para-hydroxylation sites is 1. The number of rotatable bonds is 4. The van der Waals surface area contributed by atoms with Crippen molar-refractivity contribution < 1.29 is 14.3 Å². The molecule has 2 aliphatic heterocycles. The highest BCUT2D eigenvalue weighted by Gasteiger charge is 2.26. The lowest BCUT2D eigenvalue weighted by Crippen LogP contribution is -2.38. The first-order valence-corrected chi connectivity index (χ1v) is 12.9. The first-order valence-electron chi connectivity index (χ1n) is 12.9. The van der Waals surface area contributed by atoms with E-state index in [1.54, 1.807) is 12.1 Å². The number of anilines is 2. The third kappa shape index (κ3) is 6.47. The second-order valence-corrected chi connectivity index (χ2v) is 8.57. The molecule has 39 heavy (non-hydrogen) atoms. The largest absolute Gasteiger partial charge is 0.407 e. The molecule has 1 fully saturated rings. The smallest absolute Gasteiger partial charge is 0.291 e. The summed E-state index contributed by atoms with van der Waals surface area (Å²) in [6.07, 6.45) is -1.20. The Morgan fingerprint density at radius 3 is 2.51 bits per heavy atom. The van der Waals surface area contributed by atoms with E-state index in [9.17, 15) is 4.79 Å². The van der Waals surface area contributed by atoms with Gasteiger partial charge in [0, 0.05) is 29.9 Å². The molecule has 3 aromatic rings. The fourth-order valence-electron chi connectivity index (χ4n) is 4.20. The van der Waals surface area contributed by atoms with Gasteiger partial charge in [0.15, 0.2) is 0 Å². The maximum Gasteiger partial charge on any atom is 0.291 e. The summed E-state index contributed by atoms with van der Waals surface area (Å²) < 4.78 is 11.0. The zero-order chi connectivity index (χ0) is 27.8. The molecule has 5 rings (SSSR count). The topological polar surface area (TPSA) is 138 Å². The summed E-state index contributed by atoms with van der Waals surface area (Å²) in [4.78, 5) is 28.6. The van der Waals surface area contributed by atoms with Crippen molar-refractivity contribution in [3.05, 3.63) is 89.1 Å². The molecule has 1 aromatic heterocycles. The van der Waals surface area contributed by atoms with Gasteiger partial charge in [-0.05, 0) is 25.1 Å². The summed E-state index contributed by atoms with van der Waals surface area (Å²) in [5.41, 5.74) is 10.2. The summed E-state index contributed by atoms with van der Waals surface area (Å²) in [5, 5.41) is 11.4. The number of aliphatic imine (C=N–C) groups is 2. The van der Waals surface area contributed by atoms with Crippen LogP contribution >= 0.6 is 0 Å². The van der Waals surface area contributed by atoms with Crippen molar-refractivity contribution in [2.24, 2.45) is 15.7 Å². The monoisotopic (exact) mass is 527 g/mol. The van der Waals surface area contributed by atoms with E-state index in [4.69, 9.17) is 20.6 Å². The van der Waals surface area contributed by atoms with Crippen molar-refractivity contribution in [2.45, 2.75) is 26.9 Å². The van der Waals surface area contributed by atoms with Crippen LogP contribution in [-0.4, -0.2) is 61.0 Å². The number of nitrogens with zero attached hydrogens (tertiary/aromatic N) is 4. The summed E-state index contributed by atoms with van der Waals surface area (Å²) in [6.45, 7) is 8.35. The van der Waals surface area contributed by atoms with E-state index in [0.717, 1.165) is 16.8 Å². The van der Waals surface area contributed by atoms with E-state index in [2.05, 4.69) is 20.3 Å². The molecule has 0 bridgehead atoms. The van der Waals surface area contributed by atoms with E-state index in [0.29, 0.717) is 49.1 Å². The first-order chi connectivity index (χ1) is 19.0. The molecule has 3 heterocycles. The van der Waals surface area contributed by atoms with E-state index < -0.39 is 12.1 Å². The van der Waals surface area contributed by atoms with Crippen LogP contribution in [0.2, 0.25) is 0 Å². The molecule has 1 amide bonds. The lowest BCUT2D eigenvalue weighted by Gasteiger charge is -2.29. The number of carbonyl (C=O) groups is 1. The highest BCUT2D eigenvalue weighted by molar-refractivity contribution is 6.19. The number of benzodiazepines with no additional fused rings is 1. The fraction of sp³-hybridized carbons (Fsp3) is 0.276. The van der Waals surface area contributed by atoms with Crippen LogP contribution in [-0.2, 0) is 14.3 Å². The van der Waals surface area contributed by atoms with Gasteiger partial charge in [-0.3, -0.25) is 10.2 Å². The molecule has 1 atom stereocenters. The second-order valence-electron chi connectivity index (χ2n) is 8.57. The van der Waals surface area contributed by atoms with Gasteiger partial charge in [-0.2, -0.15) is 4.99 Å². The van der Waals surface area contributed by atoms with Crippen LogP contribution in [0.5, 0.6) is 0 Å². The lowest BCUT2D eigenvalue weighted by atomic mass is 10.0. The molecule has 10 heteroatoms. The molecule has 1 saturated heterocycles. The molecule has 2 aromatic carbocycles. The normalized spacial score (nSPS) is 17.1. The number of benzene rings is 2. The first kappa shape index (κ1) is 27.5. The summed E-state index contributed by atoms with van der Waals surface area (Å²) >= 11 is 0. The van der Waals surface area contributed by atoms with Crippen LogP contribution in [0.3, 0.4) is 0 Å². The molecule has 1 unspecified atom stereocenters. The van der Waals surface area contributed by atoms with Crippen molar-refractivity contribution in [3.8, 4) is 0 Å². The predicted octanol–water partition coefficient (Wildman–Crippen LogP) is 3.73. The number of amides is 1. The van der Waals surface area contributed by atoms with Crippen LogP contribution in [0.4, 0.5) is 11.5 Å². The summed E-state index contributed by atoms with van der Waals surface area (Å²) in [6, 6.07) is 20.2.